The van der Waals surface area contributed by atoms with Gasteiger partial charge in [0.15, 0.2) is 0 Å². The number of hydrogen-bond acceptors (Lipinski definition) is 5. The molecule has 1 heterocycles. The van der Waals surface area contributed by atoms with Gasteiger partial charge in [-0.2, -0.15) is 0 Å². The van der Waals surface area contributed by atoms with Gasteiger partial charge in [0.2, 0.25) is 5.91 Å². The van der Waals surface area contributed by atoms with Crippen LogP contribution in [0.4, 0.5) is 0 Å². The Morgan fingerprint density at radius 3 is 2.64 bits per heavy atom. The number of rotatable bonds is 6. The van der Waals surface area contributed by atoms with E-state index in [1.54, 1.807) is 26.0 Å². The van der Waals surface area contributed by atoms with Crippen LogP contribution in [0.15, 0.2) is 12.1 Å². The predicted molar refractivity (Wildman–Crippen MR) is 93.9 cm³/mol. The standard InChI is InChI=1S/C19H27NO5/c1-5-25-19(22)15-7-6-10-20(12-15)17(21)11-14-8-9-16(23-3)13(2)18(14)24-4/h8-9,15H,5-7,10-12H2,1-4H3. The Labute approximate surface area is 149 Å². The number of hydrogen-bond donors (Lipinski definition) is 0. The number of benzene rings is 1. The summed E-state index contributed by atoms with van der Waals surface area (Å²) in [5.41, 5.74) is 1.70. The molecule has 1 aliphatic rings. The number of methoxy groups -OCH3 is 2. The highest BCUT2D eigenvalue weighted by molar-refractivity contribution is 5.81. The molecule has 1 aromatic rings. The van der Waals surface area contributed by atoms with Gasteiger partial charge in [-0.1, -0.05) is 6.07 Å². The summed E-state index contributed by atoms with van der Waals surface area (Å²) in [4.78, 5) is 26.4. The maximum Gasteiger partial charge on any atom is 0.310 e. The lowest BCUT2D eigenvalue weighted by Gasteiger charge is -2.31. The van der Waals surface area contributed by atoms with Gasteiger partial charge in [-0.25, -0.2) is 0 Å². The first kappa shape index (κ1) is 19.1. The first-order valence-electron chi connectivity index (χ1n) is 8.66. The van der Waals surface area contributed by atoms with Gasteiger partial charge in [-0.15, -0.1) is 0 Å². The van der Waals surface area contributed by atoms with Crippen molar-refractivity contribution in [2.24, 2.45) is 5.92 Å². The SMILES string of the molecule is CCOC(=O)C1CCCN(C(=O)Cc2ccc(OC)c(C)c2OC)C1. The molecule has 1 unspecified atom stereocenters. The molecular weight excluding hydrogens is 322 g/mol. The molecule has 0 spiro atoms. The molecule has 1 amide bonds. The third-order valence-electron chi connectivity index (χ3n) is 4.60. The Morgan fingerprint density at radius 1 is 1.24 bits per heavy atom. The number of ether oxygens (including phenoxy) is 3. The topological polar surface area (TPSA) is 65.1 Å². The van der Waals surface area contributed by atoms with E-state index >= 15 is 0 Å². The molecule has 1 aromatic carbocycles. The second-order valence-electron chi connectivity index (χ2n) is 6.19. The minimum Gasteiger partial charge on any atom is -0.496 e. The van der Waals surface area contributed by atoms with Gasteiger partial charge in [0.1, 0.15) is 11.5 Å². The molecule has 0 radical (unpaired) electrons. The number of carbonyl (C=O) groups excluding carboxylic acids is 2. The Morgan fingerprint density at radius 2 is 2.00 bits per heavy atom. The summed E-state index contributed by atoms with van der Waals surface area (Å²) in [6, 6.07) is 3.70. The van der Waals surface area contributed by atoms with Gasteiger partial charge in [0.25, 0.3) is 0 Å². The van der Waals surface area contributed by atoms with Crippen molar-refractivity contribution in [3.05, 3.63) is 23.3 Å². The first-order valence-corrected chi connectivity index (χ1v) is 8.66. The van der Waals surface area contributed by atoms with Crippen molar-refractivity contribution in [2.75, 3.05) is 33.9 Å². The van der Waals surface area contributed by atoms with Crippen molar-refractivity contribution < 1.29 is 23.8 Å². The van der Waals surface area contributed by atoms with Crippen LogP contribution in [0.5, 0.6) is 11.5 Å². The molecule has 1 aliphatic heterocycles. The van der Waals surface area contributed by atoms with Gasteiger partial charge in [0.05, 0.1) is 33.2 Å². The Kier molecular flexibility index (Phi) is 6.67. The lowest BCUT2D eigenvalue weighted by molar-refractivity contribution is -0.151. The van der Waals surface area contributed by atoms with Crippen LogP contribution >= 0.6 is 0 Å². The fraction of sp³-hybridized carbons (Fsp3) is 0.579. The van der Waals surface area contributed by atoms with E-state index in [1.807, 2.05) is 19.1 Å². The van der Waals surface area contributed by atoms with Crippen LogP contribution in [0.1, 0.15) is 30.9 Å². The number of amides is 1. The fourth-order valence-corrected chi connectivity index (χ4v) is 3.31. The Bertz CT molecular complexity index is 628. The van der Waals surface area contributed by atoms with E-state index < -0.39 is 0 Å². The van der Waals surface area contributed by atoms with Crippen molar-refractivity contribution in [3.63, 3.8) is 0 Å². The van der Waals surface area contributed by atoms with E-state index in [1.165, 1.54) is 0 Å². The zero-order valence-electron chi connectivity index (χ0n) is 15.5. The van der Waals surface area contributed by atoms with Crippen LogP contribution in [0.25, 0.3) is 0 Å². The molecule has 0 N–H and O–H groups in total. The van der Waals surface area contributed by atoms with Gasteiger partial charge in [-0.05, 0) is 32.8 Å². The quantitative estimate of drug-likeness (QED) is 0.738. The number of esters is 1. The maximum absolute atomic E-state index is 12.7. The second-order valence-corrected chi connectivity index (χ2v) is 6.19. The maximum atomic E-state index is 12.7. The predicted octanol–water partition coefficient (Wildman–Crippen LogP) is 2.36. The first-order chi connectivity index (χ1) is 12.0. The summed E-state index contributed by atoms with van der Waals surface area (Å²) in [5, 5.41) is 0. The molecule has 1 saturated heterocycles. The Balaban J connectivity index is 2.09. The minimum absolute atomic E-state index is 0.00290. The van der Waals surface area contributed by atoms with E-state index in [4.69, 9.17) is 14.2 Å². The summed E-state index contributed by atoms with van der Waals surface area (Å²) < 4.78 is 15.9. The molecule has 1 atom stereocenters. The molecule has 138 valence electrons. The lowest BCUT2D eigenvalue weighted by Crippen LogP contribution is -2.43. The number of carbonyl (C=O) groups is 2. The van der Waals surface area contributed by atoms with Crippen LogP contribution in [-0.2, 0) is 20.7 Å². The van der Waals surface area contributed by atoms with Gasteiger partial charge in [-0.3, -0.25) is 9.59 Å². The molecule has 2 rings (SSSR count). The summed E-state index contributed by atoms with van der Waals surface area (Å²) in [6.07, 6.45) is 1.82. The fourth-order valence-electron chi connectivity index (χ4n) is 3.31. The molecule has 6 heteroatoms. The number of nitrogens with zero attached hydrogens (tertiary/aromatic N) is 1. The molecule has 0 aromatic heterocycles. The van der Waals surface area contributed by atoms with Crippen LogP contribution in [0.2, 0.25) is 0 Å². The van der Waals surface area contributed by atoms with Crippen LogP contribution < -0.4 is 9.47 Å². The van der Waals surface area contributed by atoms with E-state index in [-0.39, 0.29) is 24.2 Å². The van der Waals surface area contributed by atoms with Crippen molar-refractivity contribution in [2.45, 2.75) is 33.1 Å². The van der Waals surface area contributed by atoms with Crippen molar-refractivity contribution in [1.29, 1.82) is 0 Å². The van der Waals surface area contributed by atoms with Gasteiger partial charge < -0.3 is 19.1 Å². The second kappa shape index (κ2) is 8.74. The summed E-state index contributed by atoms with van der Waals surface area (Å²) in [6.45, 7) is 5.16. The van der Waals surface area contributed by atoms with Crippen LogP contribution in [0.3, 0.4) is 0 Å². The zero-order valence-corrected chi connectivity index (χ0v) is 15.5. The van der Waals surface area contributed by atoms with E-state index in [2.05, 4.69) is 0 Å². The normalized spacial score (nSPS) is 17.1. The lowest BCUT2D eigenvalue weighted by atomic mass is 9.97. The molecule has 0 aliphatic carbocycles. The highest BCUT2D eigenvalue weighted by atomic mass is 16.5. The number of likely N-dealkylation sites (tertiary alicyclic amines) is 1. The summed E-state index contributed by atoms with van der Waals surface area (Å²) in [5.74, 6) is 0.965. The van der Waals surface area contributed by atoms with Crippen LogP contribution in [0, 0.1) is 12.8 Å². The largest absolute Gasteiger partial charge is 0.496 e. The zero-order chi connectivity index (χ0) is 18.4. The number of piperidine rings is 1. The summed E-state index contributed by atoms with van der Waals surface area (Å²) >= 11 is 0. The van der Waals surface area contributed by atoms with E-state index in [9.17, 15) is 9.59 Å². The smallest absolute Gasteiger partial charge is 0.310 e. The van der Waals surface area contributed by atoms with Crippen LogP contribution in [-0.4, -0.2) is 50.7 Å². The Hall–Kier alpha value is -2.24. The average molecular weight is 349 g/mol. The van der Waals surface area contributed by atoms with Gasteiger partial charge in [0, 0.05) is 24.2 Å². The van der Waals surface area contributed by atoms with Crippen molar-refractivity contribution in [1.82, 2.24) is 4.90 Å². The van der Waals surface area contributed by atoms with E-state index in [0.717, 1.165) is 29.7 Å². The molecular formula is C19H27NO5. The average Bonchev–Trinajstić information content (AvgIpc) is 2.62. The monoisotopic (exact) mass is 349 g/mol. The summed E-state index contributed by atoms with van der Waals surface area (Å²) in [7, 11) is 3.20. The molecule has 0 saturated carbocycles. The molecule has 6 nitrogen and oxygen atoms in total. The molecule has 1 fully saturated rings. The van der Waals surface area contributed by atoms with E-state index in [0.29, 0.717) is 25.4 Å². The minimum atomic E-state index is -0.225. The highest BCUT2D eigenvalue weighted by Gasteiger charge is 2.29. The third-order valence-corrected chi connectivity index (χ3v) is 4.60. The third kappa shape index (κ3) is 4.44. The van der Waals surface area contributed by atoms with Crippen molar-refractivity contribution in [3.8, 4) is 11.5 Å². The molecule has 0 bridgehead atoms. The molecule has 25 heavy (non-hydrogen) atoms. The van der Waals surface area contributed by atoms with Gasteiger partial charge >= 0.3 is 5.97 Å². The highest BCUT2D eigenvalue weighted by Crippen LogP contribution is 2.32. The van der Waals surface area contributed by atoms with Crippen molar-refractivity contribution >= 4 is 11.9 Å².